The lowest BCUT2D eigenvalue weighted by Gasteiger charge is -2.18. The molecule has 2 rings (SSSR count). The molecule has 0 bridgehead atoms. The Morgan fingerprint density at radius 1 is 1.21 bits per heavy atom. The van der Waals surface area contributed by atoms with E-state index < -0.39 is 10.0 Å². The van der Waals surface area contributed by atoms with Gasteiger partial charge in [0, 0.05) is 19.4 Å². The normalized spacial score (nSPS) is 11.1. The van der Waals surface area contributed by atoms with Crippen molar-refractivity contribution in [2.45, 2.75) is 4.90 Å². The van der Waals surface area contributed by atoms with E-state index in [0.717, 1.165) is 4.31 Å². The molecule has 0 aromatic carbocycles. The molecule has 0 radical (unpaired) electrons. The number of nitrogen functional groups attached to an aromatic ring is 1. The highest BCUT2D eigenvalue weighted by atomic mass is 32.2. The number of nitrogens with two attached hydrogens (primary N) is 1. The summed E-state index contributed by atoms with van der Waals surface area (Å²) in [7, 11) is -2.26. The summed E-state index contributed by atoms with van der Waals surface area (Å²) in [6.45, 7) is 0. The number of sulfonamides is 1. The van der Waals surface area contributed by atoms with Crippen LogP contribution in [0.15, 0.2) is 41.8 Å². The van der Waals surface area contributed by atoms with Gasteiger partial charge in [0.2, 0.25) is 5.95 Å². The summed E-state index contributed by atoms with van der Waals surface area (Å²) >= 11 is 0. The maximum absolute atomic E-state index is 12.3. The van der Waals surface area contributed by atoms with Crippen molar-refractivity contribution in [1.29, 1.82) is 0 Å². The Bertz CT molecular complexity index is 643. The Kier molecular flexibility index (Phi) is 3.58. The Morgan fingerprint density at radius 2 is 1.79 bits per heavy atom. The first kappa shape index (κ1) is 13.2. The van der Waals surface area contributed by atoms with Gasteiger partial charge in [-0.25, -0.2) is 24.2 Å². The first-order valence-corrected chi connectivity index (χ1v) is 6.67. The average Bonchev–Trinajstić information content (AvgIpc) is 2.47. The van der Waals surface area contributed by atoms with Crippen LogP contribution in [-0.4, -0.2) is 30.4 Å². The van der Waals surface area contributed by atoms with Crippen molar-refractivity contribution in [2.24, 2.45) is 5.84 Å². The standard InChI is InChI=1S/C10H12N6O2S/c1-16(8-2-4-12-5-3-8)19(17,18)9-6-13-10(15-11)14-7-9/h2-7H,11H2,1H3,(H,13,14,15). The van der Waals surface area contributed by atoms with E-state index >= 15 is 0 Å². The summed E-state index contributed by atoms with van der Waals surface area (Å²) in [4.78, 5) is 11.4. The minimum absolute atomic E-state index is 0.0224. The number of hydrazine groups is 1. The molecular formula is C10H12N6O2S. The van der Waals surface area contributed by atoms with Gasteiger partial charge >= 0.3 is 0 Å². The molecule has 0 saturated heterocycles. The molecule has 0 unspecified atom stereocenters. The quantitative estimate of drug-likeness (QED) is 0.597. The van der Waals surface area contributed by atoms with Crippen LogP contribution in [0.1, 0.15) is 0 Å². The third-order valence-electron chi connectivity index (χ3n) is 2.44. The molecule has 2 aromatic heterocycles. The zero-order valence-corrected chi connectivity index (χ0v) is 10.9. The van der Waals surface area contributed by atoms with Crippen molar-refractivity contribution in [3.63, 3.8) is 0 Å². The average molecular weight is 280 g/mol. The fraction of sp³-hybridized carbons (Fsp3) is 0.100. The number of rotatable bonds is 4. The van der Waals surface area contributed by atoms with Crippen molar-refractivity contribution in [3.8, 4) is 0 Å². The molecule has 0 aliphatic heterocycles. The predicted molar refractivity (Wildman–Crippen MR) is 69.7 cm³/mol. The summed E-state index contributed by atoms with van der Waals surface area (Å²) in [6, 6.07) is 3.18. The monoisotopic (exact) mass is 280 g/mol. The topological polar surface area (TPSA) is 114 Å². The van der Waals surface area contributed by atoms with E-state index in [-0.39, 0.29) is 10.8 Å². The lowest BCUT2D eigenvalue weighted by atomic mass is 10.4. The third kappa shape index (κ3) is 2.61. The van der Waals surface area contributed by atoms with Crippen LogP contribution < -0.4 is 15.6 Å². The molecule has 0 amide bonds. The summed E-state index contributed by atoms with van der Waals surface area (Å²) in [5.41, 5.74) is 2.72. The maximum Gasteiger partial charge on any atom is 0.267 e. The smallest absolute Gasteiger partial charge is 0.267 e. The van der Waals surface area contributed by atoms with E-state index in [1.165, 1.54) is 31.8 Å². The fourth-order valence-corrected chi connectivity index (χ4v) is 2.46. The second kappa shape index (κ2) is 5.16. The van der Waals surface area contributed by atoms with Gasteiger partial charge in [0.1, 0.15) is 4.90 Å². The Labute approximate surface area is 110 Å². The van der Waals surface area contributed by atoms with Crippen LogP contribution in [0.5, 0.6) is 0 Å². The van der Waals surface area contributed by atoms with Crippen LogP contribution in [0.4, 0.5) is 11.6 Å². The first-order chi connectivity index (χ1) is 9.05. The highest BCUT2D eigenvalue weighted by Crippen LogP contribution is 2.20. The van der Waals surface area contributed by atoms with E-state index in [9.17, 15) is 8.42 Å². The van der Waals surface area contributed by atoms with Crippen molar-refractivity contribution < 1.29 is 8.42 Å². The summed E-state index contributed by atoms with van der Waals surface area (Å²) in [5, 5.41) is 0. The number of pyridine rings is 1. The van der Waals surface area contributed by atoms with Crippen molar-refractivity contribution in [3.05, 3.63) is 36.9 Å². The summed E-state index contributed by atoms with van der Waals surface area (Å²) in [6.07, 6.45) is 5.41. The van der Waals surface area contributed by atoms with Crippen LogP contribution in [0.25, 0.3) is 0 Å². The van der Waals surface area contributed by atoms with Crippen LogP contribution in [-0.2, 0) is 10.0 Å². The number of nitrogens with zero attached hydrogens (tertiary/aromatic N) is 4. The molecule has 0 aliphatic rings. The van der Waals surface area contributed by atoms with Gasteiger partial charge in [0.15, 0.2) is 0 Å². The van der Waals surface area contributed by atoms with E-state index in [2.05, 4.69) is 20.4 Å². The third-order valence-corrected chi connectivity index (χ3v) is 4.18. The number of nitrogens with one attached hydrogen (secondary N) is 1. The van der Waals surface area contributed by atoms with Gasteiger partial charge in [-0.15, -0.1) is 0 Å². The molecule has 0 aliphatic carbocycles. The second-order valence-electron chi connectivity index (χ2n) is 3.56. The second-order valence-corrected chi connectivity index (χ2v) is 5.53. The van der Waals surface area contributed by atoms with E-state index in [0.29, 0.717) is 5.69 Å². The van der Waals surface area contributed by atoms with E-state index in [1.54, 1.807) is 12.1 Å². The highest BCUT2D eigenvalue weighted by molar-refractivity contribution is 7.92. The van der Waals surface area contributed by atoms with Gasteiger partial charge in [0.05, 0.1) is 18.1 Å². The van der Waals surface area contributed by atoms with Crippen LogP contribution in [0, 0.1) is 0 Å². The molecule has 0 atom stereocenters. The Hall–Kier alpha value is -2.26. The van der Waals surface area contributed by atoms with Crippen LogP contribution >= 0.6 is 0 Å². The number of aromatic nitrogens is 3. The summed E-state index contributed by atoms with van der Waals surface area (Å²) < 4.78 is 25.7. The Balaban J connectivity index is 2.36. The van der Waals surface area contributed by atoms with E-state index in [4.69, 9.17) is 5.84 Å². The molecular weight excluding hydrogens is 268 g/mol. The van der Waals surface area contributed by atoms with Gasteiger partial charge in [-0.2, -0.15) is 0 Å². The number of hydrogen-bond acceptors (Lipinski definition) is 7. The lowest BCUT2D eigenvalue weighted by molar-refractivity contribution is 0.593. The molecule has 100 valence electrons. The first-order valence-electron chi connectivity index (χ1n) is 5.23. The predicted octanol–water partition coefficient (Wildman–Crippen LogP) is -0.0177. The largest absolute Gasteiger partial charge is 0.292 e. The molecule has 2 heterocycles. The van der Waals surface area contributed by atoms with Gasteiger partial charge in [0.25, 0.3) is 10.0 Å². The number of hydrogen-bond donors (Lipinski definition) is 2. The fourth-order valence-electron chi connectivity index (χ4n) is 1.37. The van der Waals surface area contributed by atoms with Crippen molar-refractivity contribution in [2.75, 3.05) is 16.8 Å². The molecule has 2 aromatic rings. The molecule has 9 heteroatoms. The van der Waals surface area contributed by atoms with E-state index in [1.807, 2.05) is 0 Å². The number of anilines is 2. The SMILES string of the molecule is CN(c1ccncc1)S(=O)(=O)c1cnc(NN)nc1. The minimum Gasteiger partial charge on any atom is -0.292 e. The van der Waals surface area contributed by atoms with Crippen molar-refractivity contribution >= 4 is 21.7 Å². The maximum atomic E-state index is 12.3. The molecule has 8 nitrogen and oxygen atoms in total. The molecule has 3 N–H and O–H groups in total. The van der Waals surface area contributed by atoms with Crippen LogP contribution in [0.2, 0.25) is 0 Å². The Morgan fingerprint density at radius 3 is 2.32 bits per heavy atom. The van der Waals surface area contributed by atoms with Gasteiger partial charge in [-0.1, -0.05) is 0 Å². The molecule has 0 spiro atoms. The van der Waals surface area contributed by atoms with Crippen LogP contribution in [0.3, 0.4) is 0 Å². The summed E-state index contributed by atoms with van der Waals surface area (Å²) in [5.74, 6) is 5.26. The van der Waals surface area contributed by atoms with Gasteiger partial charge in [-0.3, -0.25) is 14.7 Å². The zero-order chi connectivity index (χ0) is 13.9. The molecule has 19 heavy (non-hydrogen) atoms. The molecule has 0 saturated carbocycles. The van der Waals surface area contributed by atoms with Crippen molar-refractivity contribution in [1.82, 2.24) is 15.0 Å². The van der Waals surface area contributed by atoms with Gasteiger partial charge in [-0.05, 0) is 12.1 Å². The highest BCUT2D eigenvalue weighted by Gasteiger charge is 2.22. The zero-order valence-electron chi connectivity index (χ0n) is 10.1. The lowest BCUT2D eigenvalue weighted by Crippen LogP contribution is -2.27. The molecule has 0 fully saturated rings. The van der Waals surface area contributed by atoms with Gasteiger partial charge < -0.3 is 0 Å². The minimum atomic E-state index is -3.71.